The van der Waals surface area contributed by atoms with Gasteiger partial charge < -0.3 is 15.2 Å². The Balaban J connectivity index is 1.79. The second-order valence-electron chi connectivity index (χ2n) is 7.87. The highest BCUT2D eigenvalue weighted by molar-refractivity contribution is 7.85. The first kappa shape index (κ1) is 26.4. The first-order valence-electron chi connectivity index (χ1n) is 10.6. The number of nitrogens with one attached hydrogen (secondary N) is 1. The smallest absolute Gasteiger partial charge is 0.294 e. The van der Waals surface area contributed by atoms with Gasteiger partial charge in [-0.15, -0.1) is 5.11 Å². The minimum Gasteiger partial charge on any atom is -0.505 e. The third-order valence-electron chi connectivity index (χ3n) is 5.47. The summed E-state index contributed by atoms with van der Waals surface area (Å²) in [4.78, 5) is 12.7. The monoisotopic (exact) mass is 559 g/mol. The number of aromatic hydroxyl groups is 1. The van der Waals surface area contributed by atoms with Crippen LogP contribution in [0.1, 0.15) is 15.9 Å². The average molecular weight is 560 g/mol. The number of carbonyl (C=O) groups excluding carboxylic acids is 1. The summed E-state index contributed by atoms with van der Waals surface area (Å²) in [5.74, 6) is -0.720. The fraction of sp³-hybridized carbons (Fsp3) is 0.0800. The van der Waals surface area contributed by atoms with Crippen LogP contribution in [-0.2, 0) is 10.1 Å². The molecule has 190 valence electrons. The van der Waals surface area contributed by atoms with Gasteiger partial charge in [-0.05, 0) is 48.2 Å². The molecule has 0 aliphatic carbocycles. The highest BCUT2D eigenvalue weighted by Gasteiger charge is 2.20. The van der Waals surface area contributed by atoms with Crippen LogP contribution < -0.4 is 10.1 Å². The lowest BCUT2D eigenvalue weighted by Gasteiger charge is -2.12. The summed E-state index contributed by atoms with van der Waals surface area (Å²) in [6.45, 7) is 1.43. The van der Waals surface area contributed by atoms with E-state index in [1.165, 1.54) is 32.2 Å². The molecule has 0 heterocycles. The summed E-state index contributed by atoms with van der Waals surface area (Å²) in [7, 11) is -3.12. The Hall–Kier alpha value is -3.70. The van der Waals surface area contributed by atoms with Crippen LogP contribution in [-0.4, -0.2) is 31.1 Å². The van der Waals surface area contributed by atoms with Gasteiger partial charge in [0.05, 0.1) is 23.4 Å². The van der Waals surface area contributed by atoms with Crippen molar-refractivity contribution >= 4 is 67.1 Å². The van der Waals surface area contributed by atoms with Crippen molar-refractivity contribution in [2.75, 3.05) is 12.4 Å². The zero-order valence-electron chi connectivity index (χ0n) is 19.4. The zero-order valence-corrected chi connectivity index (χ0v) is 21.7. The van der Waals surface area contributed by atoms with Crippen molar-refractivity contribution in [3.63, 3.8) is 0 Å². The number of phenolic OH excluding ortho intramolecular Hbond substituents is 1. The van der Waals surface area contributed by atoms with E-state index in [1.807, 2.05) is 0 Å². The van der Waals surface area contributed by atoms with Gasteiger partial charge in [0.25, 0.3) is 16.0 Å². The van der Waals surface area contributed by atoms with Crippen molar-refractivity contribution in [3.8, 4) is 11.5 Å². The number of hydrogen-bond acceptors (Lipinski definition) is 7. The topological polar surface area (TPSA) is 138 Å². The number of rotatable bonds is 6. The maximum atomic E-state index is 13.1. The molecule has 0 fully saturated rings. The molecule has 0 bridgehead atoms. The number of nitrogens with zero attached hydrogens (tertiary/aromatic N) is 2. The highest BCUT2D eigenvalue weighted by Crippen LogP contribution is 2.40. The fourth-order valence-corrected chi connectivity index (χ4v) is 4.83. The molecule has 37 heavy (non-hydrogen) atoms. The van der Waals surface area contributed by atoms with Gasteiger partial charge in [-0.1, -0.05) is 47.5 Å². The van der Waals surface area contributed by atoms with Crippen molar-refractivity contribution in [1.29, 1.82) is 0 Å². The van der Waals surface area contributed by atoms with Crippen molar-refractivity contribution < 1.29 is 27.6 Å². The number of anilines is 1. The number of azo groups is 1. The summed E-state index contributed by atoms with van der Waals surface area (Å²) < 4.78 is 38.1. The molecule has 4 aromatic rings. The number of phenols is 1. The summed E-state index contributed by atoms with van der Waals surface area (Å²) in [6.07, 6.45) is 0. The van der Waals surface area contributed by atoms with Crippen molar-refractivity contribution in [1.82, 2.24) is 0 Å². The summed E-state index contributed by atoms with van der Waals surface area (Å²) in [5.41, 5.74) is 0.432. The quantitative estimate of drug-likeness (QED) is 0.170. The molecule has 12 heteroatoms. The van der Waals surface area contributed by atoms with E-state index < -0.39 is 26.7 Å². The van der Waals surface area contributed by atoms with Crippen LogP contribution in [0, 0.1) is 6.92 Å². The van der Waals surface area contributed by atoms with E-state index in [2.05, 4.69) is 15.5 Å². The molecule has 0 unspecified atom stereocenters. The van der Waals surface area contributed by atoms with Gasteiger partial charge in [0, 0.05) is 22.2 Å². The number of fused-ring (bicyclic) bond motifs is 1. The maximum absolute atomic E-state index is 13.1. The van der Waals surface area contributed by atoms with E-state index >= 15 is 0 Å². The van der Waals surface area contributed by atoms with Crippen molar-refractivity contribution in [2.24, 2.45) is 10.2 Å². The molecular formula is C25H19Cl2N3O6S. The van der Waals surface area contributed by atoms with Gasteiger partial charge in [0.1, 0.15) is 16.3 Å². The van der Waals surface area contributed by atoms with E-state index in [-0.39, 0.29) is 27.5 Å². The predicted molar refractivity (Wildman–Crippen MR) is 142 cm³/mol. The van der Waals surface area contributed by atoms with Crippen LogP contribution >= 0.6 is 23.2 Å². The zero-order chi connectivity index (χ0) is 26.9. The SMILES string of the molecule is COc1cc(NC(=O)c2cc3ccccc3c(N=Nc3cc(Cl)c(C)c(S(=O)(=O)O)c3)c2O)ccc1Cl. The predicted octanol–water partition coefficient (Wildman–Crippen LogP) is 7.08. The second kappa shape index (κ2) is 10.3. The Kier molecular flexibility index (Phi) is 7.37. The van der Waals surface area contributed by atoms with E-state index in [0.29, 0.717) is 27.2 Å². The van der Waals surface area contributed by atoms with E-state index in [4.69, 9.17) is 27.9 Å². The van der Waals surface area contributed by atoms with Crippen LogP contribution in [0.2, 0.25) is 10.0 Å². The number of amides is 1. The maximum Gasteiger partial charge on any atom is 0.294 e. The Morgan fingerprint density at radius 3 is 2.43 bits per heavy atom. The van der Waals surface area contributed by atoms with E-state index in [1.54, 1.807) is 36.4 Å². The molecule has 9 nitrogen and oxygen atoms in total. The second-order valence-corrected chi connectivity index (χ2v) is 10.1. The molecule has 3 N–H and O–H groups in total. The van der Waals surface area contributed by atoms with Gasteiger partial charge >= 0.3 is 0 Å². The average Bonchev–Trinajstić information content (AvgIpc) is 2.85. The molecule has 0 aliphatic heterocycles. The summed E-state index contributed by atoms with van der Waals surface area (Å²) in [6, 6.07) is 15.5. The molecular weight excluding hydrogens is 541 g/mol. The molecule has 0 radical (unpaired) electrons. The van der Waals surface area contributed by atoms with Crippen LogP contribution in [0.15, 0.2) is 75.8 Å². The van der Waals surface area contributed by atoms with Crippen LogP contribution in [0.4, 0.5) is 17.1 Å². The lowest BCUT2D eigenvalue weighted by molar-refractivity contribution is 0.102. The van der Waals surface area contributed by atoms with Crippen LogP contribution in [0.25, 0.3) is 10.8 Å². The van der Waals surface area contributed by atoms with Gasteiger partial charge in [-0.3, -0.25) is 9.35 Å². The Morgan fingerprint density at radius 2 is 1.73 bits per heavy atom. The lowest BCUT2D eigenvalue weighted by Crippen LogP contribution is -2.12. The molecule has 0 aliphatic rings. The number of methoxy groups -OCH3 is 1. The number of ether oxygens (including phenoxy) is 1. The molecule has 0 spiro atoms. The van der Waals surface area contributed by atoms with Crippen molar-refractivity contribution in [3.05, 3.63) is 81.8 Å². The molecule has 4 aromatic carbocycles. The summed E-state index contributed by atoms with van der Waals surface area (Å²) >= 11 is 12.2. The van der Waals surface area contributed by atoms with Gasteiger partial charge in [0.15, 0.2) is 5.75 Å². The summed E-state index contributed by atoms with van der Waals surface area (Å²) in [5, 5.41) is 23.3. The molecule has 0 aromatic heterocycles. The Bertz CT molecular complexity index is 1690. The molecule has 0 saturated heterocycles. The van der Waals surface area contributed by atoms with Crippen LogP contribution in [0.3, 0.4) is 0 Å². The standard InChI is InChI=1S/C25H19Cl2N3O6S/c1-13-20(27)10-16(12-22(13)37(33,34)35)29-30-23-17-6-4-3-5-14(17)9-18(24(23)31)25(32)28-15-7-8-19(26)21(11-15)36-2/h3-12,31H,1-2H3,(H,28,32)(H,33,34,35). The van der Waals surface area contributed by atoms with E-state index in [9.17, 15) is 22.9 Å². The minimum absolute atomic E-state index is 0.00909. The Morgan fingerprint density at radius 1 is 1.00 bits per heavy atom. The number of halogens is 2. The third-order valence-corrected chi connectivity index (χ3v) is 7.16. The normalized spacial score (nSPS) is 11.7. The first-order chi connectivity index (χ1) is 17.5. The molecule has 1 amide bonds. The number of carbonyl (C=O) groups is 1. The van der Waals surface area contributed by atoms with E-state index in [0.717, 1.165) is 6.07 Å². The molecule has 4 rings (SSSR count). The fourth-order valence-electron chi connectivity index (χ4n) is 3.60. The largest absolute Gasteiger partial charge is 0.505 e. The minimum atomic E-state index is -4.57. The van der Waals surface area contributed by atoms with Gasteiger partial charge in [0.2, 0.25) is 0 Å². The number of benzene rings is 4. The first-order valence-corrected chi connectivity index (χ1v) is 12.8. The lowest BCUT2D eigenvalue weighted by atomic mass is 10.0. The number of hydrogen-bond donors (Lipinski definition) is 3. The van der Waals surface area contributed by atoms with Crippen molar-refractivity contribution in [2.45, 2.75) is 11.8 Å². The Labute approximate surface area is 222 Å². The molecule has 0 atom stereocenters. The third kappa shape index (κ3) is 5.52. The van der Waals surface area contributed by atoms with Gasteiger partial charge in [-0.25, -0.2) is 0 Å². The van der Waals surface area contributed by atoms with Crippen LogP contribution in [0.5, 0.6) is 11.5 Å². The van der Waals surface area contributed by atoms with Gasteiger partial charge in [-0.2, -0.15) is 13.5 Å². The highest BCUT2D eigenvalue weighted by atomic mass is 35.5. The molecule has 0 saturated carbocycles.